The molecule has 106 valence electrons. The summed E-state index contributed by atoms with van der Waals surface area (Å²) in [6.07, 6.45) is 3.08. The highest BCUT2D eigenvalue weighted by atomic mass is 16.5. The number of benzene rings is 2. The van der Waals surface area contributed by atoms with Gasteiger partial charge in [-0.15, -0.1) is 0 Å². The van der Waals surface area contributed by atoms with Crippen LogP contribution in [0.4, 0.5) is 0 Å². The topological polar surface area (TPSA) is 38.3 Å². The minimum absolute atomic E-state index is 0.00833. The third-order valence-corrected chi connectivity index (χ3v) is 3.35. The fourth-order valence-corrected chi connectivity index (χ4v) is 2.20. The molecule has 0 spiro atoms. The van der Waals surface area contributed by atoms with Gasteiger partial charge >= 0.3 is 0 Å². The van der Waals surface area contributed by atoms with Gasteiger partial charge in [0.05, 0.1) is 5.56 Å². The number of rotatable bonds is 2. The van der Waals surface area contributed by atoms with Crippen molar-refractivity contribution in [3.63, 3.8) is 0 Å². The Bertz CT molecular complexity index is 674. The van der Waals surface area contributed by atoms with Gasteiger partial charge in [-0.05, 0) is 48.0 Å². The maximum atomic E-state index is 11.7. The van der Waals surface area contributed by atoms with E-state index in [1.54, 1.807) is 18.2 Å². The van der Waals surface area contributed by atoms with E-state index in [0.717, 1.165) is 6.54 Å². The minimum Gasteiger partial charge on any atom is -0.471 e. The highest BCUT2D eigenvalue weighted by Crippen LogP contribution is 2.32. The second-order valence-electron chi connectivity index (χ2n) is 4.90. The smallest absolute Gasteiger partial charge is 0.189 e. The summed E-state index contributed by atoms with van der Waals surface area (Å²) in [6, 6.07) is 15.8. The molecule has 0 aromatic heterocycles. The number of fused-ring (bicyclic) bond motifs is 2. The number of likely N-dealkylation sites (N-methyl/N-ethyl adjacent to an activating group) is 1. The number of ether oxygens (including phenoxy) is 1. The number of para-hydroxylation sites is 1. The SMILES string of the molecule is CCNC1C=CC(=O)c2ccccc2O1.c1cc2cc-2c1. The molecule has 1 unspecified atom stereocenters. The average Bonchev–Trinajstić information content (AvgIpc) is 3.15. The van der Waals surface area contributed by atoms with Gasteiger partial charge in [-0.1, -0.05) is 37.3 Å². The molecule has 2 aliphatic carbocycles. The zero-order chi connectivity index (χ0) is 14.7. The zero-order valence-corrected chi connectivity index (χ0v) is 11.9. The second kappa shape index (κ2) is 5.94. The fourth-order valence-electron chi connectivity index (χ4n) is 2.20. The van der Waals surface area contributed by atoms with E-state index in [1.165, 1.54) is 11.1 Å². The molecule has 1 N–H and O–H groups in total. The van der Waals surface area contributed by atoms with E-state index in [0.29, 0.717) is 11.3 Å². The van der Waals surface area contributed by atoms with Gasteiger partial charge in [0.15, 0.2) is 12.0 Å². The third kappa shape index (κ3) is 3.20. The van der Waals surface area contributed by atoms with E-state index >= 15 is 0 Å². The summed E-state index contributed by atoms with van der Waals surface area (Å²) >= 11 is 0. The van der Waals surface area contributed by atoms with Gasteiger partial charge in [-0.2, -0.15) is 0 Å². The Balaban J connectivity index is 0.000000180. The number of ketones is 1. The summed E-state index contributed by atoms with van der Waals surface area (Å²) in [5.74, 6) is 0.629. The number of carbonyl (C=O) groups excluding carboxylic acids is 1. The number of hydrogen-bond donors (Lipinski definition) is 1. The van der Waals surface area contributed by atoms with E-state index in [1.807, 2.05) is 25.1 Å². The first-order valence-electron chi connectivity index (χ1n) is 7.10. The number of nitrogens with one attached hydrogen (secondary N) is 1. The number of carbonyl (C=O) groups is 1. The van der Waals surface area contributed by atoms with E-state index in [9.17, 15) is 4.79 Å². The van der Waals surface area contributed by atoms with Crippen LogP contribution in [0.2, 0.25) is 0 Å². The van der Waals surface area contributed by atoms with E-state index in [-0.39, 0.29) is 12.0 Å². The Labute approximate surface area is 124 Å². The quantitative estimate of drug-likeness (QED) is 0.781. The van der Waals surface area contributed by atoms with Crippen LogP contribution in [-0.2, 0) is 0 Å². The van der Waals surface area contributed by atoms with Crippen LogP contribution in [0.3, 0.4) is 0 Å². The van der Waals surface area contributed by atoms with Crippen molar-refractivity contribution in [1.82, 2.24) is 5.32 Å². The first-order chi connectivity index (χ1) is 10.3. The molecule has 1 atom stereocenters. The molecule has 1 heterocycles. The summed E-state index contributed by atoms with van der Waals surface area (Å²) in [6.45, 7) is 2.79. The van der Waals surface area contributed by atoms with Gasteiger partial charge in [0.2, 0.25) is 0 Å². The highest BCUT2D eigenvalue weighted by Gasteiger charge is 2.16. The first kappa shape index (κ1) is 13.6. The van der Waals surface area contributed by atoms with Crippen LogP contribution in [0.15, 0.2) is 60.7 Å². The summed E-state index contributed by atoms with van der Waals surface area (Å²) < 4.78 is 5.65. The molecule has 21 heavy (non-hydrogen) atoms. The van der Waals surface area contributed by atoms with Gasteiger partial charge in [0.1, 0.15) is 5.75 Å². The van der Waals surface area contributed by atoms with Crippen molar-refractivity contribution in [3.8, 4) is 16.9 Å². The van der Waals surface area contributed by atoms with Crippen molar-refractivity contribution in [2.24, 2.45) is 0 Å². The van der Waals surface area contributed by atoms with Crippen molar-refractivity contribution in [2.45, 2.75) is 13.2 Å². The average molecular weight is 279 g/mol. The molecular weight excluding hydrogens is 262 g/mol. The van der Waals surface area contributed by atoms with E-state index in [2.05, 4.69) is 29.6 Å². The van der Waals surface area contributed by atoms with Crippen LogP contribution in [0.25, 0.3) is 11.1 Å². The van der Waals surface area contributed by atoms with Crippen LogP contribution in [0.5, 0.6) is 5.75 Å². The van der Waals surface area contributed by atoms with Crippen molar-refractivity contribution in [1.29, 1.82) is 0 Å². The normalized spacial score (nSPS) is 17.0. The molecule has 0 amide bonds. The Morgan fingerprint density at radius 2 is 1.86 bits per heavy atom. The Kier molecular flexibility index (Phi) is 3.84. The largest absolute Gasteiger partial charge is 0.471 e. The van der Waals surface area contributed by atoms with Crippen molar-refractivity contribution >= 4 is 5.78 Å². The molecule has 1 aliphatic heterocycles. The maximum absolute atomic E-state index is 11.7. The lowest BCUT2D eigenvalue weighted by atomic mass is 10.1. The van der Waals surface area contributed by atoms with Crippen LogP contribution < -0.4 is 10.1 Å². The molecule has 4 rings (SSSR count). The van der Waals surface area contributed by atoms with Gasteiger partial charge in [-0.3, -0.25) is 10.1 Å². The Hall–Kier alpha value is -2.39. The standard InChI is InChI=1S/C12H13NO2.C6H4/c1-2-13-12-8-7-10(14)9-5-3-4-6-11(9)15-12;1-2-5-4-6(5)3-1/h3-8,12-13H,2H2,1H3;1-4H. The molecule has 3 nitrogen and oxygen atoms in total. The fraction of sp³-hybridized carbons (Fsp3) is 0.167. The Morgan fingerprint density at radius 3 is 2.48 bits per heavy atom. The molecule has 0 bridgehead atoms. The predicted molar refractivity (Wildman–Crippen MR) is 83.4 cm³/mol. The molecule has 1 aromatic rings. The predicted octanol–water partition coefficient (Wildman–Crippen LogP) is 3.42. The van der Waals surface area contributed by atoms with Crippen LogP contribution in [-0.4, -0.2) is 18.6 Å². The number of allylic oxidation sites excluding steroid dienone is 1. The molecule has 0 radical (unpaired) electrons. The molecule has 3 aliphatic rings. The summed E-state index contributed by atoms with van der Waals surface area (Å²) in [7, 11) is 0. The summed E-state index contributed by atoms with van der Waals surface area (Å²) in [5, 5.41) is 3.12. The summed E-state index contributed by atoms with van der Waals surface area (Å²) in [5.41, 5.74) is 3.47. The highest BCUT2D eigenvalue weighted by molar-refractivity contribution is 6.06. The monoisotopic (exact) mass is 279 g/mol. The Morgan fingerprint density at radius 1 is 1.10 bits per heavy atom. The van der Waals surface area contributed by atoms with Crippen molar-refractivity contribution < 1.29 is 9.53 Å². The van der Waals surface area contributed by atoms with Gasteiger partial charge < -0.3 is 4.74 Å². The molecule has 1 aromatic carbocycles. The molecule has 3 heteroatoms. The van der Waals surface area contributed by atoms with E-state index in [4.69, 9.17) is 4.74 Å². The minimum atomic E-state index is -0.220. The molecular formula is C18H17NO2. The lowest BCUT2D eigenvalue weighted by molar-refractivity contribution is 0.104. The lowest BCUT2D eigenvalue weighted by Gasteiger charge is -2.15. The van der Waals surface area contributed by atoms with Crippen molar-refractivity contribution in [2.75, 3.05) is 6.54 Å². The summed E-state index contributed by atoms with van der Waals surface area (Å²) in [4.78, 5) is 11.7. The third-order valence-electron chi connectivity index (χ3n) is 3.35. The number of hydrogen-bond acceptors (Lipinski definition) is 3. The van der Waals surface area contributed by atoms with Gasteiger partial charge in [0, 0.05) is 0 Å². The van der Waals surface area contributed by atoms with Gasteiger partial charge in [0.25, 0.3) is 0 Å². The second-order valence-corrected chi connectivity index (χ2v) is 4.90. The van der Waals surface area contributed by atoms with Crippen LogP contribution in [0.1, 0.15) is 17.3 Å². The first-order valence-corrected chi connectivity index (χ1v) is 7.10. The van der Waals surface area contributed by atoms with Crippen molar-refractivity contribution in [3.05, 3.63) is 66.2 Å². The zero-order valence-electron chi connectivity index (χ0n) is 11.9. The van der Waals surface area contributed by atoms with E-state index < -0.39 is 0 Å². The lowest BCUT2D eigenvalue weighted by Crippen LogP contribution is -2.32. The van der Waals surface area contributed by atoms with Crippen LogP contribution >= 0.6 is 0 Å². The van der Waals surface area contributed by atoms with Crippen LogP contribution in [0, 0.1) is 0 Å². The molecule has 0 saturated carbocycles. The molecule has 0 saturated heterocycles. The maximum Gasteiger partial charge on any atom is 0.189 e. The molecule has 0 fully saturated rings. The van der Waals surface area contributed by atoms with Gasteiger partial charge in [-0.25, -0.2) is 0 Å².